The molecule has 0 saturated carbocycles. The van der Waals surface area contributed by atoms with Crippen LogP contribution >= 0.6 is 0 Å². The number of nitrogens with zero attached hydrogens (tertiary/aromatic N) is 1. The van der Waals surface area contributed by atoms with Crippen LogP contribution in [0.15, 0.2) is 11.8 Å². The lowest BCUT2D eigenvalue weighted by molar-refractivity contribution is -0.123. The van der Waals surface area contributed by atoms with Gasteiger partial charge in [-0.15, -0.1) is 0 Å². The molecule has 0 bridgehead atoms. The van der Waals surface area contributed by atoms with Gasteiger partial charge >= 0.3 is 0 Å². The van der Waals surface area contributed by atoms with Crippen LogP contribution in [0.4, 0.5) is 0 Å². The van der Waals surface area contributed by atoms with Gasteiger partial charge in [-0.2, -0.15) is 0 Å². The molecule has 0 aliphatic carbocycles. The minimum atomic E-state index is -0.700. The van der Waals surface area contributed by atoms with Crippen molar-refractivity contribution in [2.75, 3.05) is 14.1 Å². The first kappa shape index (κ1) is 10.3. The Morgan fingerprint density at radius 1 is 1.33 bits per heavy atom. The molecule has 5 nitrogen and oxygen atoms in total. The van der Waals surface area contributed by atoms with Crippen molar-refractivity contribution in [2.24, 2.45) is 0 Å². The van der Waals surface area contributed by atoms with Gasteiger partial charge in [0.25, 0.3) is 5.91 Å². The van der Waals surface area contributed by atoms with Crippen LogP contribution < -0.4 is 5.32 Å². The molecule has 66 valence electrons. The van der Waals surface area contributed by atoms with Gasteiger partial charge in [0.1, 0.15) is 0 Å². The summed E-state index contributed by atoms with van der Waals surface area (Å²) in [5.41, 5.74) is -0.0906. The lowest BCUT2D eigenvalue weighted by atomic mass is 10.3. The minimum Gasteiger partial charge on any atom is -0.383 e. The van der Waals surface area contributed by atoms with E-state index in [9.17, 15) is 14.4 Å². The van der Waals surface area contributed by atoms with E-state index in [0.29, 0.717) is 6.29 Å². The molecule has 0 spiro atoms. The van der Waals surface area contributed by atoms with E-state index >= 15 is 0 Å². The Morgan fingerprint density at radius 2 is 1.92 bits per heavy atom. The molecular formula is C7H10N2O3. The van der Waals surface area contributed by atoms with Crippen molar-refractivity contribution < 1.29 is 14.4 Å². The second kappa shape index (κ2) is 5.06. The zero-order valence-electron chi connectivity index (χ0n) is 6.90. The zero-order valence-corrected chi connectivity index (χ0v) is 6.90. The van der Waals surface area contributed by atoms with Gasteiger partial charge in [0.05, 0.1) is 5.57 Å². The van der Waals surface area contributed by atoms with Gasteiger partial charge in [-0.3, -0.25) is 19.7 Å². The van der Waals surface area contributed by atoms with Gasteiger partial charge in [0.2, 0.25) is 6.41 Å². The fourth-order valence-corrected chi connectivity index (χ4v) is 0.558. The van der Waals surface area contributed by atoms with Crippen LogP contribution in [0.25, 0.3) is 0 Å². The van der Waals surface area contributed by atoms with Crippen molar-refractivity contribution >= 4 is 18.6 Å². The molecule has 0 aromatic carbocycles. The van der Waals surface area contributed by atoms with Gasteiger partial charge in [-0.25, -0.2) is 0 Å². The highest BCUT2D eigenvalue weighted by Crippen LogP contribution is 1.90. The van der Waals surface area contributed by atoms with Crippen molar-refractivity contribution in [1.29, 1.82) is 0 Å². The van der Waals surface area contributed by atoms with E-state index in [0.717, 1.165) is 0 Å². The topological polar surface area (TPSA) is 66.5 Å². The maximum absolute atomic E-state index is 10.8. The number of imide groups is 1. The Balaban J connectivity index is 4.43. The van der Waals surface area contributed by atoms with Crippen molar-refractivity contribution in [3.8, 4) is 0 Å². The third-order valence-electron chi connectivity index (χ3n) is 0.976. The normalized spacial score (nSPS) is 10.3. The van der Waals surface area contributed by atoms with E-state index in [4.69, 9.17) is 0 Å². The van der Waals surface area contributed by atoms with E-state index < -0.39 is 5.91 Å². The van der Waals surface area contributed by atoms with Crippen LogP contribution in [0.1, 0.15) is 0 Å². The molecule has 2 amide bonds. The summed E-state index contributed by atoms with van der Waals surface area (Å²) in [6, 6.07) is 0. The minimum absolute atomic E-state index is 0.0906. The number of carbonyl (C=O) groups is 3. The summed E-state index contributed by atoms with van der Waals surface area (Å²) in [5, 5.41) is 1.86. The lowest BCUT2D eigenvalue weighted by Gasteiger charge is -2.05. The predicted octanol–water partition coefficient (Wildman–Crippen LogP) is -1.10. The number of carbonyl (C=O) groups excluding carboxylic acids is 3. The van der Waals surface area contributed by atoms with Crippen LogP contribution in [0.3, 0.4) is 0 Å². The van der Waals surface area contributed by atoms with Gasteiger partial charge < -0.3 is 4.90 Å². The standard InChI is InChI=1S/C7H10N2O3/c1-9(2)3-6(4-10)7(12)8-5-11/h3-5H,1-2H3,(H,8,11,12)/b6-3-. The molecule has 5 heteroatoms. The highest BCUT2D eigenvalue weighted by atomic mass is 16.2. The van der Waals surface area contributed by atoms with Crippen LogP contribution in [-0.2, 0) is 14.4 Å². The van der Waals surface area contributed by atoms with Crippen LogP contribution in [0.2, 0.25) is 0 Å². The molecule has 12 heavy (non-hydrogen) atoms. The number of hydrogen-bond donors (Lipinski definition) is 1. The molecule has 0 radical (unpaired) electrons. The van der Waals surface area contributed by atoms with E-state index in [2.05, 4.69) is 0 Å². The summed E-state index contributed by atoms with van der Waals surface area (Å²) in [7, 11) is 3.33. The molecular weight excluding hydrogens is 160 g/mol. The molecule has 0 unspecified atom stereocenters. The Morgan fingerprint density at radius 3 is 2.25 bits per heavy atom. The van der Waals surface area contributed by atoms with Gasteiger partial charge in [0, 0.05) is 20.3 Å². The Kier molecular flexibility index (Phi) is 4.36. The second-order valence-corrected chi connectivity index (χ2v) is 2.26. The third-order valence-corrected chi connectivity index (χ3v) is 0.976. The summed E-state index contributed by atoms with van der Waals surface area (Å²) in [5.74, 6) is -0.700. The fourth-order valence-electron chi connectivity index (χ4n) is 0.558. The molecule has 0 aliphatic rings. The summed E-state index contributed by atoms with van der Waals surface area (Å²) >= 11 is 0. The van der Waals surface area contributed by atoms with Crippen molar-refractivity contribution in [1.82, 2.24) is 10.2 Å². The first-order chi connectivity index (χ1) is 5.61. The summed E-state index contributed by atoms with van der Waals surface area (Å²) < 4.78 is 0. The number of aldehydes is 1. The van der Waals surface area contributed by atoms with Gasteiger partial charge in [-0.1, -0.05) is 0 Å². The third kappa shape index (κ3) is 3.50. The Hall–Kier alpha value is -1.65. The molecule has 0 heterocycles. The highest BCUT2D eigenvalue weighted by Gasteiger charge is 2.06. The van der Waals surface area contributed by atoms with Crippen LogP contribution in [0.5, 0.6) is 0 Å². The molecule has 0 aliphatic heterocycles. The van der Waals surface area contributed by atoms with E-state index in [1.807, 2.05) is 5.32 Å². The highest BCUT2D eigenvalue weighted by molar-refractivity contribution is 6.13. The molecule has 0 rings (SSSR count). The van der Waals surface area contributed by atoms with E-state index in [1.54, 1.807) is 14.1 Å². The van der Waals surface area contributed by atoms with Crippen LogP contribution in [0, 0.1) is 0 Å². The Bertz CT molecular complexity index is 221. The molecule has 0 aromatic rings. The molecule has 1 N–H and O–H groups in total. The van der Waals surface area contributed by atoms with Crippen molar-refractivity contribution in [3.05, 3.63) is 11.8 Å². The van der Waals surface area contributed by atoms with Gasteiger partial charge in [0.15, 0.2) is 6.29 Å². The molecule has 0 fully saturated rings. The molecule has 0 saturated heterocycles. The maximum atomic E-state index is 10.8. The SMILES string of the molecule is CN(C)/C=C(/C=O)C(=O)NC=O. The first-order valence-corrected chi connectivity index (χ1v) is 3.19. The zero-order chi connectivity index (χ0) is 9.56. The fraction of sp³-hybridized carbons (Fsp3) is 0.286. The first-order valence-electron chi connectivity index (χ1n) is 3.19. The molecule has 0 atom stereocenters. The number of hydrogen-bond acceptors (Lipinski definition) is 4. The van der Waals surface area contributed by atoms with Crippen molar-refractivity contribution in [2.45, 2.75) is 0 Å². The van der Waals surface area contributed by atoms with Gasteiger partial charge in [-0.05, 0) is 0 Å². The monoisotopic (exact) mass is 170 g/mol. The average Bonchev–Trinajstić information content (AvgIpc) is 2.00. The lowest BCUT2D eigenvalue weighted by Crippen LogP contribution is -2.25. The Labute approximate surface area is 70.0 Å². The number of amides is 2. The maximum Gasteiger partial charge on any atom is 0.262 e. The summed E-state index contributed by atoms with van der Waals surface area (Å²) in [6.07, 6.45) is 1.94. The molecule has 0 aromatic heterocycles. The second-order valence-electron chi connectivity index (χ2n) is 2.26. The quantitative estimate of drug-likeness (QED) is 0.252. The smallest absolute Gasteiger partial charge is 0.262 e. The van der Waals surface area contributed by atoms with Crippen LogP contribution in [-0.4, -0.2) is 37.6 Å². The van der Waals surface area contributed by atoms with E-state index in [-0.39, 0.29) is 12.0 Å². The largest absolute Gasteiger partial charge is 0.383 e. The average molecular weight is 170 g/mol. The number of nitrogens with one attached hydrogen (secondary N) is 1. The number of rotatable bonds is 4. The summed E-state index contributed by atoms with van der Waals surface area (Å²) in [4.78, 5) is 32.5. The van der Waals surface area contributed by atoms with Crippen molar-refractivity contribution in [3.63, 3.8) is 0 Å². The van der Waals surface area contributed by atoms with E-state index in [1.165, 1.54) is 11.1 Å². The summed E-state index contributed by atoms with van der Waals surface area (Å²) in [6.45, 7) is 0. The predicted molar refractivity (Wildman–Crippen MR) is 42.0 cm³/mol.